The first-order valence-corrected chi connectivity index (χ1v) is 6.65. The molecule has 0 aliphatic rings. The predicted octanol–water partition coefficient (Wildman–Crippen LogP) is 2.72. The minimum absolute atomic E-state index is 0.746. The molecule has 2 N–H and O–H groups in total. The fourth-order valence-corrected chi connectivity index (χ4v) is 1.67. The van der Waals surface area contributed by atoms with Crippen LogP contribution in [-0.2, 0) is 6.54 Å². The molecule has 0 spiro atoms. The maximum atomic E-state index is 3.47. The summed E-state index contributed by atoms with van der Waals surface area (Å²) in [6.45, 7) is 10.9. The monoisotopic (exact) mass is 234 g/mol. The summed E-state index contributed by atoms with van der Waals surface area (Å²) in [4.78, 5) is 0. The smallest absolute Gasteiger partial charge is 0.0205 e. The minimum atomic E-state index is 0.746. The average Bonchev–Trinajstić information content (AvgIpc) is 2.30. The Morgan fingerprint density at radius 1 is 1.00 bits per heavy atom. The van der Waals surface area contributed by atoms with Crippen molar-refractivity contribution in [2.24, 2.45) is 5.92 Å². The molecule has 1 rings (SSSR count). The zero-order valence-corrected chi connectivity index (χ0v) is 11.4. The van der Waals surface area contributed by atoms with E-state index in [-0.39, 0.29) is 0 Å². The van der Waals surface area contributed by atoms with Crippen LogP contribution in [0.15, 0.2) is 24.3 Å². The van der Waals surface area contributed by atoms with Crippen molar-refractivity contribution in [3.05, 3.63) is 35.4 Å². The normalized spacial score (nSPS) is 11.1. The highest BCUT2D eigenvalue weighted by molar-refractivity contribution is 5.20. The summed E-state index contributed by atoms with van der Waals surface area (Å²) in [5.41, 5.74) is 2.69. The van der Waals surface area contributed by atoms with Crippen molar-refractivity contribution in [1.82, 2.24) is 10.6 Å². The topological polar surface area (TPSA) is 24.1 Å². The molecule has 0 fully saturated rings. The van der Waals surface area contributed by atoms with E-state index >= 15 is 0 Å². The first-order valence-electron chi connectivity index (χ1n) is 6.65. The molecule has 0 heterocycles. The second-order valence-electron chi connectivity index (χ2n) is 5.11. The maximum absolute atomic E-state index is 3.47. The molecule has 0 radical (unpaired) electrons. The largest absolute Gasteiger partial charge is 0.316 e. The second-order valence-corrected chi connectivity index (χ2v) is 5.11. The minimum Gasteiger partial charge on any atom is -0.316 e. The molecule has 0 unspecified atom stereocenters. The van der Waals surface area contributed by atoms with Crippen LogP contribution < -0.4 is 10.6 Å². The van der Waals surface area contributed by atoms with Crippen molar-refractivity contribution >= 4 is 0 Å². The zero-order valence-electron chi connectivity index (χ0n) is 11.4. The summed E-state index contributed by atoms with van der Waals surface area (Å²) < 4.78 is 0. The summed E-state index contributed by atoms with van der Waals surface area (Å²) in [7, 11) is 0. The molecule has 0 aromatic heterocycles. The van der Waals surface area contributed by atoms with Gasteiger partial charge in [0.25, 0.3) is 0 Å². The molecule has 2 heteroatoms. The Morgan fingerprint density at radius 2 is 1.65 bits per heavy atom. The molecule has 1 aromatic rings. The highest BCUT2D eigenvalue weighted by Crippen LogP contribution is 2.02. The van der Waals surface area contributed by atoms with E-state index in [0.29, 0.717) is 0 Å². The van der Waals surface area contributed by atoms with Crippen molar-refractivity contribution in [2.45, 2.75) is 33.7 Å². The lowest BCUT2D eigenvalue weighted by atomic mass is 10.1. The van der Waals surface area contributed by atoms with Gasteiger partial charge in [0, 0.05) is 6.54 Å². The maximum Gasteiger partial charge on any atom is 0.0205 e. The van der Waals surface area contributed by atoms with E-state index in [1.165, 1.54) is 17.5 Å². The van der Waals surface area contributed by atoms with Gasteiger partial charge in [-0.3, -0.25) is 0 Å². The van der Waals surface area contributed by atoms with Crippen LogP contribution in [0.4, 0.5) is 0 Å². The summed E-state index contributed by atoms with van der Waals surface area (Å²) in [6, 6.07) is 8.72. The van der Waals surface area contributed by atoms with E-state index in [0.717, 1.165) is 32.1 Å². The fourth-order valence-electron chi connectivity index (χ4n) is 1.67. The number of hydrogen-bond acceptors (Lipinski definition) is 2. The molecule has 2 nitrogen and oxygen atoms in total. The molecule has 0 atom stereocenters. The molecule has 0 saturated heterocycles. The van der Waals surface area contributed by atoms with Crippen LogP contribution in [0, 0.1) is 12.8 Å². The third kappa shape index (κ3) is 7.14. The van der Waals surface area contributed by atoms with Crippen molar-refractivity contribution in [3.63, 3.8) is 0 Å². The van der Waals surface area contributed by atoms with Crippen LogP contribution in [0.3, 0.4) is 0 Å². The number of hydrogen-bond donors (Lipinski definition) is 2. The standard InChI is InChI=1S/C15H26N2/c1-13(2)11-16-9-4-10-17-12-15-7-5-14(3)6-8-15/h5-8,13,16-17H,4,9-12H2,1-3H3. The van der Waals surface area contributed by atoms with E-state index < -0.39 is 0 Å². The van der Waals surface area contributed by atoms with Gasteiger partial charge in [-0.15, -0.1) is 0 Å². The quantitative estimate of drug-likeness (QED) is 0.676. The van der Waals surface area contributed by atoms with Gasteiger partial charge in [-0.25, -0.2) is 0 Å². The third-order valence-corrected chi connectivity index (χ3v) is 2.71. The Kier molecular flexibility index (Phi) is 6.90. The molecule has 96 valence electrons. The van der Waals surface area contributed by atoms with Crippen LogP contribution in [0.1, 0.15) is 31.4 Å². The van der Waals surface area contributed by atoms with Gasteiger partial charge in [-0.05, 0) is 44.5 Å². The highest BCUT2D eigenvalue weighted by atomic mass is 14.9. The Morgan fingerprint density at radius 3 is 2.29 bits per heavy atom. The predicted molar refractivity (Wildman–Crippen MR) is 75.2 cm³/mol. The Labute approximate surface area is 106 Å². The molecule has 0 saturated carbocycles. The van der Waals surface area contributed by atoms with Gasteiger partial charge < -0.3 is 10.6 Å². The van der Waals surface area contributed by atoms with Gasteiger partial charge in [0.05, 0.1) is 0 Å². The Bertz CT molecular complexity index is 290. The third-order valence-electron chi connectivity index (χ3n) is 2.71. The summed E-state index contributed by atoms with van der Waals surface area (Å²) >= 11 is 0. The van der Waals surface area contributed by atoms with E-state index in [1.54, 1.807) is 0 Å². The number of aryl methyl sites for hydroxylation is 1. The summed E-state index contributed by atoms with van der Waals surface area (Å²) in [5.74, 6) is 0.746. The van der Waals surface area contributed by atoms with E-state index in [2.05, 4.69) is 55.7 Å². The molecular formula is C15H26N2. The van der Waals surface area contributed by atoms with Crippen molar-refractivity contribution in [2.75, 3.05) is 19.6 Å². The molecular weight excluding hydrogens is 208 g/mol. The van der Waals surface area contributed by atoms with E-state index in [4.69, 9.17) is 0 Å². The molecule has 0 aliphatic carbocycles. The lowest BCUT2D eigenvalue weighted by molar-refractivity contribution is 0.530. The number of rotatable bonds is 8. The summed E-state index contributed by atoms with van der Waals surface area (Å²) in [6.07, 6.45) is 1.19. The van der Waals surface area contributed by atoms with Crippen molar-refractivity contribution in [1.29, 1.82) is 0 Å². The molecule has 1 aromatic carbocycles. The van der Waals surface area contributed by atoms with Crippen LogP contribution in [0.2, 0.25) is 0 Å². The van der Waals surface area contributed by atoms with Gasteiger partial charge in [0.1, 0.15) is 0 Å². The van der Waals surface area contributed by atoms with Crippen molar-refractivity contribution in [3.8, 4) is 0 Å². The zero-order chi connectivity index (χ0) is 12.5. The van der Waals surface area contributed by atoms with Gasteiger partial charge in [0.15, 0.2) is 0 Å². The Balaban J connectivity index is 1.99. The summed E-state index contributed by atoms with van der Waals surface area (Å²) in [5, 5.41) is 6.92. The van der Waals surface area contributed by atoms with Crippen molar-refractivity contribution < 1.29 is 0 Å². The first kappa shape index (κ1) is 14.2. The van der Waals surface area contributed by atoms with Gasteiger partial charge >= 0.3 is 0 Å². The van der Waals surface area contributed by atoms with Crippen LogP contribution >= 0.6 is 0 Å². The van der Waals surface area contributed by atoms with Gasteiger partial charge in [-0.1, -0.05) is 43.7 Å². The molecule has 17 heavy (non-hydrogen) atoms. The van der Waals surface area contributed by atoms with E-state index in [1.807, 2.05) is 0 Å². The SMILES string of the molecule is Cc1ccc(CNCCCNCC(C)C)cc1. The first-order chi connectivity index (χ1) is 8.18. The molecule has 0 aliphatic heterocycles. The van der Waals surface area contributed by atoms with Crippen LogP contribution in [-0.4, -0.2) is 19.6 Å². The Hall–Kier alpha value is -0.860. The fraction of sp³-hybridized carbons (Fsp3) is 0.600. The van der Waals surface area contributed by atoms with Gasteiger partial charge in [0.2, 0.25) is 0 Å². The second kappa shape index (κ2) is 8.26. The van der Waals surface area contributed by atoms with Gasteiger partial charge in [-0.2, -0.15) is 0 Å². The lowest BCUT2D eigenvalue weighted by Crippen LogP contribution is -2.24. The van der Waals surface area contributed by atoms with Crippen LogP contribution in [0.5, 0.6) is 0 Å². The molecule has 0 amide bonds. The van der Waals surface area contributed by atoms with E-state index in [9.17, 15) is 0 Å². The number of benzene rings is 1. The lowest BCUT2D eigenvalue weighted by Gasteiger charge is -2.08. The highest BCUT2D eigenvalue weighted by Gasteiger charge is 1.94. The molecule has 0 bridgehead atoms. The number of nitrogens with one attached hydrogen (secondary N) is 2. The van der Waals surface area contributed by atoms with Crippen LogP contribution in [0.25, 0.3) is 0 Å². The average molecular weight is 234 g/mol.